The molecule has 0 aliphatic carbocycles. The summed E-state index contributed by atoms with van der Waals surface area (Å²) < 4.78 is 30.1. The van der Waals surface area contributed by atoms with Crippen molar-refractivity contribution >= 4 is 34.9 Å². The normalized spacial score (nSPS) is 12.9. The Bertz CT molecular complexity index is 275. The Hall–Kier alpha value is -0.0226. The van der Waals surface area contributed by atoms with Crippen molar-refractivity contribution in [3.8, 4) is 0 Å². The molecular formula is C8H16LiO5S. The van der Waals surface area contributed by atoms with E-state index in [1.807, 2.05) is 0 Å². The summed E-state index contributed by atoms with van der Waals surface area (Å²) in [5.74, 6) is -0.900. The van der Waals surface area contributed by atoms with E-state index >= 15 is 0 Å². The molecule has 0 aromatic rings. The van der Waals surface area contributed by atoms with Crippen molar-refractivity contribution in [1.29, 1.82) is 0 Å². The summed E-state index contributed by atoms with van der Waals surface area (Å²) in [7, 11) is -4.03. The van der Waals surface area contributed by atoms with E-state index in [1.165, 1.54) is 0 Å². The van der Waals surface area contributed by atoms with Crippen LogP contribution < -0.4 is 0 Å². The number of hydrogen-bond donors (Lipinski definition) is 2. The first-order chi connectivity index (χ1) is 6.38. The molecule has 0 rings (SSSR count). The molecule has 7 heteroatoms. The second kappa shape index (κ2) is 8.17. The fourth-order valence-electron chi connectivity index (χ4n) is 1.09. The Morgan fingerprint density at radius 3 is 2.20 bits per heavy atom. The third-order valence-electron chi connectivity index (χ3n) is 1.91. The summed E-state index contributed by atoms with van der Waals surface area (Å²) in [6.45, 7) is 3.41. The molecule has 0 saturated carbocycles. The maximum absolute atomic E-state index is 10.7. The molecule has 0 spiro atoms. The van der Waals surface area contributed by atoms with Gasteiger partial charge in [0.2, 0.25) is 0 Å². The minimum atomic E-state index is -4.03. The third kappa shape index (κ3) is 8.94. The molecule has 15 heavy (non-hydrogen) atoms. The first-order valence-corrected chi connectivity index (χ1v) is 5.85. The van der Waals surface area contributed by atoms with Crippen LogP contribution in [0.4, 0.5) is 0 Å². The molecule has 85 valence electrons. The van der Waals surface area contributed by atoms with Crippen LogP contribution in [0.25, 0.3) is 0 Å². The van der Waals surface area contributed by atoms with Crippen molar-refractivity contribution < 1.29 is 22.9 Å². The Labute approximate surface area is 102 Å². The number of rotatable bonds is 7. The molecule has 0 amide bonds. The van der Waals surface area contributed by atoms with Gasteiger partial charge < -0.3 is 5.11 Å². The van der Waals surface area contributed by atoms with Crippen LogP contribution in [-0.2, 0) is 14.9 Å². The van der Waals surface area contributed by atoms with Crippen LogP contribution >= 0.6 is 0 Å². The summed E-state index contributed by atoms with van der Waals surface area (Å²) in [5.41, 5.74) is 0. The van der Waals surface area contributed by atoms with E-state index in [0.29, 0.717) is 12.8 Å². The zero-order chi connectivity index (χ0) is 11.2. The predicted molar refractivity (Wildman–Crippen MR) is 58.6 cm³/mol. The summed E-state index contributed by atoms with van der Waals surface area (Å²) >= 11 is 0. The average Bonchev–Trinajstić information content (AvgIpc) is 2.01. The van der Waals surface area contributed by atoms with Crippen LogP contribution in [0, 0.1) is 6.92 Å². The molecule has 1 unspecified atom stereocenters. The van der Waals surface area contributed by atoms with Crippen molar-refractivity contribution in [2.45, 2.75) is 37.4 Å². The Balaban J connectivity index is 0. The van der Waals surface area contributed by atoms with Gasteiger partial charge in [-0.05, 0) is 19.3 Å². The molecule has 2 N–H and O–H groups in total. The molecule has 0 aromatic carbocycles. The number of hydrogen-bond acceptors (Lipinski definition) is 3. The number of carboxylic acid groups (broad SMARTS) is 1. The zero-order valence-corrected chi connectivity index (χ0v) is 8.66. The van der Waals surface area contributed by atoms with E-state index in [1.54, 1.807) is 0 Å². The predicted octanol–water partition coefficient (Wildman–Crippen LogP) is 0.463. The fourth-order valence-corrected chi connectivity index (χ4v) is 1.85. The number of aliphatic carboxylic acids is 1. The molecule has 1 atom stereocenters. The van der Waals surface area contributed by atoms with E-state index in [-0.39, 0.29) is 38.1 Å². The van der Waals surface area contributed by atoms with E-state index in [4.69, 9.17) is 9.66 Å². The monoisotopic (exact) mass is 231 g/mol. The van der Waals surface area contributed by atoms with Gasteiger partial charge in [-0.15, -0.1) is 0 Å². The van der Waals surface area contributed by atoms with Crippen molar-refractivity contribution in [2.24, 2.45) is 0 Å². The summed E-state index contributed by atoms with van der Waals surface area (Å²) in [6.07, 6.45) is 1.27. The van der Waals surface area contributed by atoms with Gasteiger partial charge in [-0.2, -0.15) is 8.42 Å². The van der Waals surface area contributed by atoms with Crippen LogP contribution in [0.1, 0.15) is 32.1 Å². The molecule has 0 bridgehead atoms. The standard InChI is InChI=1S/C8H15O5S.Li.H/c1-2-7(14(11,12)13)5-3-4-6-8(9)10;;/h7H,1-6H2,(H,9,10)(H,11,12,13);;. The molecule has 0 aromatic heterocycles. The number of carboxylic acids is 1. The van der Waals surface area contributed by atoms with Gasteiger partial charge in [-0.25, -0.2) is 0 Å². The second-order valence-electron chi connectivity index (χ2n) is 3.07. The maximum atomic E-state index is 10.7. The Kier molecular flexibility index (Phi) is 9.46. The fraction of sp³-hybridized carbons (Fsp3) is 0.750. The van der Waals surface area contributed by atoms with Gasteiger partial charge in [-0.3, -0.25) is 9.35 Å². The van der Waals surface area contributed by atoms with Crippen LogP contribution in [0.3, 0.4) is 0 Å². The summed E-state index contributed by atoms with van der Waals surface area (Å²) in [4.78, 5) is 10.1. The number of unbranched alkanes of at least 4 members (excludes halogenated alkanes) is 1. The molecule has 5 nitrogen and oxygen atoms in total. The van der Waals surface area contributed by atoms with Crippen molar-refractivity contribution in [3.05, 3.63) is 6.92 Å². The van der Waals surface area contributed by atoms with Crippen LogP contribution in [0.5, 0.6) is 0 Å². The van der Waals surface area contributed by atoms with Gasteiger partial charge in [0.25, 0.3) is 10.1 Å². The van der Waals surface area contributed by atoms with Crippen LogP contribution in [0.15, 0.2) is 0 Å². The Morgan fingerprint density at radius 1 is 1.33 bits per heavy atom. The topological polar surface area (TPSA) is 91.7 Å². The molecule has 1 radical (unpaired) electrons. The van der Waals surface area contributed by atoms with Crippen LogP contribution in [-0.4, -0.2) is 48.2 Å². The average molecular weight is 231 g/mol. The SMILES string of the molecule is [CH2]CC(CCCCC(=O)O)S(=O)(=O)O.[LiH]. The van der Waals surface area contributed by atoms with Crippen molar-refractivity contribution in [2.75, 3.05) is 0 Å². The summed E-state index contributed by atoms with van der Waals surface area (Å²) in [6, 6.07) is 0. The molecule has 0 heterocycles. The van der Waals surface area contributed by atoms with Crippen molar-refractivity contribution in [3.63, 3.8) is 0 Å². The van der Waals surface area contributed by atoms with Gasteiger partial charge in [0, 0.05) is 6.42 Å². The molecule has 0 saturated heterocycles. The van der Waals surface area contributed by atoms with Gasteiger partial charge in [0.1, 0.15) is 0 Å². The van der Waals surface area contributed by atoms with Gasteiger partial charge in [0.05, 0.1) is 5.25 Å². The third-order valence-corrected chi connectivity index (χ3v) is 3.22. The first-order valence-electron chi connectivity index (χ1n) is 4.35. The van der Waals surface area contributed by atoms with E-state index in [2.05, 4.69) is 6.92 Å². The number of carbonyl (C=O) groups is 1. The second-order valence-corrected chi connectivity index (χ2v) is 4.76. The van der Waals surface area contributed by atoms with Gasteiger partial charge >= 0.3 is 24.8 Å². The molecule has 0 fully saturated rings. The Morgan fingerprint density at radius 2 is 1.87 bits per heavy atom. The van der Waals surface area contributed by atoms with Crippen LogP contribution in [0.2, 0.25) is 0 Å². The first kappa shape index (κ1) is 17.4. The quantitative estimate of drug-likeness (QED) is 0.377. The van der Waals surface area contributed by atoms with E-state index in [9.17, 15) is 13.2 Å². The molecule has 0 aliphatic heterocycles. The van der Waals surface area contributed by atoms with E-state index in [0.717, 1.165) is 0 Å². The minimum absolute atomic E-state index is 0. The van der Waals surface area contributed by atoms with Gasteiger partial charge in [0.15, 0.2) is 0 Å². The van der Waals surface area contributed by atoms with Gasteiger partial charge in [-0.1, -0.05) is 13.3 Å². The van der Waals surface area contributed by atoms with E-state index < -0.39 is 21.3 Å². The molecule has 0 aliphatic rings. The zero-order valence-electron chi connectivity index (χ0n) is 7.85. The summed E-state index contributed by atoms with van der Waals surface area (Å²) in [5, 5.41) is 7.45. The van der Waals surface area contributed by atoms with Crippen molar-refractivity contribution in [1.82, 2.24) is 0 Å². The molecular weight excluding hydrogens is 215 g/mol.